The van der Waals surface area contributed by atoms with E-state index in [2.05, 4.69) is 49.2 Å². The van der Waals surface area contributed by atoms with Crippen LogP contribution >= 0.6 is 0 Å². The van der Waals surface area contributed by atoms with Gasteiger partial charge in [-0.2, -0.15) is 8.42 Å². The van der Waals surface area contributed by atoms with Crippen LogP contribution in [0.1, 0.15) is 20.8 Å². The van der Waals surface area contributed by atoms with Crippen molar-refractivity contribution in [1.82, 2.24) is 0 Å². The Morgan fingerprint density at radius 2 is 1.47 bits per heavy atom. The number of hydrogen-bond acceptors (Lipinski definition) is 6. The number of ether oxygens (including phenoxy) is 2. The molecule has 3 rings (SSSR count). The molecular weight excluding hydrogens is 482 g/mol. The molecule has 1 heterocycles. The molecule has 1 aliphatic heterocycles. The van der Waals surface area contributed by atoms with E-state index in [1.807, 2.05) is 36.4 Å². The molecule has 0 spiro atoms. The van der Waals surface area contributed by atoms with Crippen LogP contribution in [0.4, 0.5) is 8.78 Å². The lowest BCUT2D eigenvalue weighted by molar-refractivity contribution is -0.226. The maximum atomic E-state index is 14.3. The van der Waals surface area contributed by atoms with Gasteiger partial charge in [0.05, 0.1) is 26.1 Å². The van der Waals surface area contributed by atoms with Gasteiger partial charge in [-0.1, -0.05) is 81.4 Å². The predicted molar refractivity (Wildman–Crippen MR) is 129 cm³/mol. The summed E-state index contributed by atoms with van der Waals surface area (Å²) in [6, 6.07) is 20.1. The van der Waals surface area contributed by atoms with Crippen molar-refractivity contribution in [2.75, 3.05) is 32.7 Å². The summed E-state index contributed by atoms with van der Waals surface area (Å²) in [5.41, 5.74) is 0. The molecule has 34 heavy (non-hydrogen) atoms. The molecule has 1 saturated heterocycles. The highest BCUT2D eigenvalue weighted by molar-refractivity contribution is 7.85. The topological polar surface area (TPSA) is 71.1 Å². The van der Waals surface area contributed by atoms with Crippen LogP contribution < -0.4 is 10.4 Å². The minimum Gasteiger partial charge on any atom is -0.405 e. The van der Waals surface area contributed by atoms with E-state index < -0.39 is 49.8 Å². The average molecular weight is 515 g/mol. The van der Waals surface area contributed by atoms with Crippen molar-refractivity contribution in [1.29, 1.82) is 0 Å². The van der Waals surface area contributed by atoms with Gasteiger partial charge in [-0.15, -0.1) is 0 Å². The monoisotopic (exact) mass is 514 g/mol. The maximum absolute atomic E-state index is 14.3. The number of hydrogen-bond donors (Lipinski definition) is 0. The van der Waals surface area contributed by atoms with Crippen molar-refractivity contribution < 1.29 is 35.3 Å². The summed E-state index contributed by atoms with van der Waals surface area (Å²) in [7, 11) is -6.78. The molecule has 0 radical (unpaired) electrons. The smallest absolute Gasteiger partial charge is 0.300 e. The molecule has 188 valence electrons. The number of halogens is 2. The Morgan fingerprint density at radius 1 is 0.941 bits per heavy atom. The molecule has 0 saturated carbocycles. The van der Waals surface area contributed by atoms with Crippen LogP contribution in [0, 0.1) is 0 Å². The van der Waals surface area contributed by atoms with Gasteiger partial charge in [0.2, 0.25) is 0 Å². The lowest BCUT2D eigenvalue weighted by Gasteiger charge is -2.44. The lowest BCUT2D eigenvalue weighted by Crippen LogP contribution is -2.67. The first kappa shape index (κ1) is 26.9. The van der Waals surface area contributed by atoms with E-state index >= 15 is 0 Å². The van der Waals surface area contributed by atoms with Gasteiger partial charge in [0.15, 0.2) is 0 Å². The van der Waals surface area contributed by atoms with Gasteiger partial charge in [-0.3, -0.25) is 4.18 Å². The second-order valence-corrected chi connectivity index (χ2v) is 15.4. The largest absolute Gasteiger partial charge is 0.405 e. The first-order chi connectivity index (χ1) is 15.9. The molecule has 0 N–H and O–H groups in total. The highest BCUT2D eigenvalue weighted by Crippen LogP contribution is 2.37. The number of benzene rings is 2. The Bertz CT molecular complexity index is 981. The van der Waals surface area contributed by atoms with Gasteiger partial charge in [-0.05, 0) is 15.4 Å². The summed E-state index contributed by atoms with van der Waals surface area (Å²) in [6.45, 7) is 4.84. The van der Waals surface area contributed by atoms with Crippen molar-refractivity contribution >= 4 is 28.8 Å². The fraction of sp³-hybridized carbons (Fsp3) is 0.500. The van der Waals surface area contributed by atoms with E-state index in [9.17, 15) is 17.2 Å². The molecule has 0 aromatic heterocycles. The first-order valence-electron chi connectivity index (χ1n) is 11.1. The van der Waals surface area contributed by atoms with Crippen LogP contribution in [0.3, 0.4) is 0 Å². The Hall–Kier alpha value is -1.69. The average Bonchev–Trinajstić information content (AvgIpc) is 2.79. The second kappa shape index (κ2) is 10.5. The van der Waals surface area contributed by atoms with Crippen molar-refractivity contribution in [3.8, 4) is 0 Å². The molecule has 2 aromatic rings. The molecule has 1 fully saturated rings. The van der Waals surface area contributed by atoms with Crippen LogP contribution in [-0.2, 0) is 28.2 Å². The van der Waals surface area contributed by atoms with Gasteiger partial charge >= 0.3 is 0 Å². The van der Waals surface area contributed by atoms with E-state index in [4.69, 9.17) is 13.9 Å². The van der Waals surface area contributed by atoms with E-state index in [0.717, 1.165) is 16.6 Å². The summed E-state index contributed by atoms with van der Waals surface area (Å²) < 4.78 is 72.9. The standard InChI is InChI=1S/C24H32F2O6SSi/c1-23(2,3)34(20-11-7-5-8-12-20,21-13-9-6-10-14-21)32-16-19-15-30-22(17-29-19)24(25,26)18-31-33(4,27)28/h5-14,19,22H,15-18H2,1-4H3. The number of rotatable bonds is 9. The number of alkyl halides is 2. The zero-order chi connectivity index (χ0) is 25.0. The van der Waals surface area contributed by atoms with Crippen LogP contribution in [0.5, 0.6) is 0 Å². The molecule has 2 atom stereocenters. The summed E-state index contributed by atoms with van der Waals surface area (Å²) in [4.78, 5) is 0. The summed E-state index contributed by atoms with van der Waals surface area (Å²) in [5, 5.41) is 1.98. The van der Waals surface area contributed by atoms with Gasteiger partial charge in [0.25, 0.3) is 24.4 Å². The predicted octanol–water partition coefficient (Wildman–Crippen LogP) is 2.96. The molecule has 1 aliphatic rings. The minimum absolute atomic E-state index is 0.0999. The van der Waals surface area contributed by atoms with Crippen molar-refractivity contribution in [2.45, 2.75) is 43.9 Å². The van der Waals surface area contributed by atoms with Crippen molar-refractivity contribution in [3.63, 3.8) is 0 Å². The zero-order valence-electron chi connectivity index (χ0n) is 19.9. The van der Waals surface area contributed by atoms with Crippen LogP contribution in [0.2, 0.25) is 5.04 Å². The molecule has 6 nitrogen and oxygen atoms in total. The Morgan fingerprint density at radius 3 is 1.88 bits per heavy atom. The zero-order valence-corrected chi connectivity index (χ0v) is 21.7. The Kier molecular flexibility index (Phi) is 8.32. The van der Waals surface area contributed by atoms with Gasteiger partial charge in [0, 0.05) is 0 Å². The van der Waals surface area contributed by atoms with Gasteiger partial charge in [-0.25, -0.2) is 8.78 Å². The minimum atomic E-state index is -3.99. The lowest BCUT2D eigenvalue weighted by atomic mass is 10.2. The van der Waals surface area contributed by atoms with Gasteiger partial charge in [0.1, 0.15) is 18.8 Å². The van der Waals surface area contributed by atoms with E-state index in [-0.39, 0.29) is 18.3 Å². The molecule has 0 amide bonds. The van der Waals surface area contributed by atoms with Crippen LogP contribution in [-0.4, -0.2) is 67.5 Å². The molecular formula is C24H32F2O6SSi. The molecule has 10 heteroatoms. The fourth-order valence-electron chi connectivity index (χ4n) is 4.14. The third kappa shape index (κ3) is 6.29. The third-order valence-electron chi connectivity index (χ3n) is 5.81. The molecule has 0 aliphatic carbocycles. The second-order valence-electron chi connectivity index (χ2n) is 9.48. The van der Waals surface area contributed by atoms with Crippen LogP contribution in [0.25, 0.3) is 0 Å². The van der Waals surface area contributed by atoms with E-state index in [1.54, 1.807) is 0 Å². The normalized spacial score (nSPS) is 20.3. The summed E-state index contributed by atoms with van der Waals surface area (Å²) >= 11 is 0. The highest BCUT2D eigenvalue weighted by Gasteiger charge is 2.51. The van der Waals surface area contributed by atoms with E-state index in [0.29, 0.717) is 0 Å². The SMILES string of the molecule is CC(C)(C)[Si](OCC1COC(C(F)(F)COS(C)(=O)=O)CO1)(c1ccccc1)c1ccccc1. The Labute approximate surface area is 201 Å². The van der Waals surface area contributed by atoms with E-state index in [1.165, 1.54) is 0 Å². The molecule has 2 unspecified atom stereocenters. The first-order valence-corrected chi connectivity index (χ1v) is 14.8. The maximum Gasteiger partial charge on any atom is 0.300 e. The highest BCUT2D eigenvalue weighted by atomic mass is 32.2. The summed E-state index contributed by atoms with van der Waals surface area (Å²) in [6.07, 6.45) is -1.41. The van der Waals surface area contributed by atoms with Crippen molar-refractivity contribution in [3.05, 3.63) is 60.7 Å². The Balaban J connectivity index is 1.75. The summed E-state index contributed by atoms with van der Waals surface area (Å²) in [5.74, 6) is -3.51. The van der Waals surface area contributed by atoms with Gasteiger partial charge < -0.3 is 13.9 Å². The van der Waals surface area contributed by atoms with Crippen LogP contribution in [0.15, 0.2) is 60.7 Å². The molecule has 0 bridgehead atoms. The third-order valence-corrected chi connectivity index (χ3v) is 11.4. The molecule has 2 aromatic carbocycles. The van der Waals surface area contributed by atoms with Crippen molar-refractivity contribution in [2.24, 2.45) is 0 Å². The quantitative estimate of drug-likeness (QED) is 0.379. The fourth-order valence-corrected chi connectivity index (χ4v) is 9.10.